The summed E-state index contributed by atoms with van der Waals surface area (Å²) < 4.78 is 5.30. The van der Waals surface area contributed by atoms with E-state index in [0.29, 0.717) is 6.54 Å². The van der Waals surface area contributed by atoms with Crippen molar-refractivity contribution in [3.05, 3.63) is 28.8 Å². The van der Waals surface area contributed by atoms with Gasteiger partial charge in [0.15, 0.2) is 0 Å². The molecule has 1 amide bonds. The second-order valence-electron chi connectivity index (χ2n) is 4.63. The van der Waals surface area contributed by atoms with Gasteiger partial charge in [-0.15, -0.1) is 0 Å². The van der Waals surface area contributed by atoms with Gasteiger partial charge in [0, 0.05) is 13.6 Å². The molecule has 1 aromatic carbocycles. The minimum absolute atomic E-state index is 0.277. The Balaban J connectivity index is 2.89. The molecule has 0 aliphatic rings. The zero-order valence-corrected chi connectivity index (χ0v) is 11.7. The van der Waals surface area contributed by atoms with Crippen molar-refractivity contribution in [1.29, 1.82) is 0 Å². The first kappa shape index (κ1) is 14.5. The minimum atomic E-state index is -0.963. The Labute approximate surface area is 108 Å². The molecule has 0 bridgehead atoms. The van der Waals surface area contributed by atoms with Crippen molar-refractivity contribution in [2.75, 3.05) is 14.2 Å². The molecule has 1 aromatic rings. The van der Waals surface area contributed by atoms with E-state index in [0.717, 1.165) is 22.4 Å². The zero-order valence-electron chi connectivity index (χ0n) is 11.7. The number of rotatable bonds is 4. The highest BCUT2D eigenvalue weighted by molar-refractivity contribution is 5.79. The highest BCUT2D eigenvalue weighted by Crippen LogP contribution is 2.24. The average molecular weight is 251 g/mol. The molecular weight excluding hydrogens is 230 g/mol. The van der Waals surface area contributed by atoms with E-state index in [1.54, 1.807) is 14.2 Å². The fourth-order valence-electron chi connectivity index (χ4n) is 2.12. The Kier molecular flexibility index (Phi) is 4.73. The Bertz CT molecular complexity index is 418. The minimum Gasteiger partial charge on any atom is -0.496 e. The first-order chi connectivity index (χ1) is 8.36. The molecule has 0 aliphatic heterocycles. The quantitative estimate of drug-likeness (QED) is 0.885. The normalized spacial score (nSPS) is 12.1. The lowest BCUT2D eigenvalue weighted by Crippen LogP contribution is -2.34. The number of ether oxygens (including phenoxy) is 1. The SMILES string of the molecule is COc1c(C)cc(CN(C)C(=O)C(C)O)cc1C. The largest absolute Gasteiger partial charge is 0.496 e. The molecule has 4 heteroatoms. The molecule has 0 spiro atoms. The van der Waals surface area contributed by atoms with Crippen LogP contribution in [0.5, 0.6) is 5.75 Å². The molecule has 100 valence electrons. The van der Waals surface area contributed by atoms with E-state index >= 15 is 0 Å². The molecule has 0 aliphatic carbocycles. The monoisotopic (exact) mass is 251 g/mol. The summed E-state index contributed by atoms with van der Waals surface area (Å²) in [6.07, 6.45) is -0.963. The number of methoxy groups -OCH3 is 1. The van der Waals surface area contributed by atoms with Gasteiger partial charge in [-0.3, -0.25) is 4.79 Å². The predicted molar refractivity (Wildman–Crippen MR) is 70.6 cm³/mol. The van der Waals surface area contributed by atoms with Crippen molar-refractivity contribution < 1.29 is 14.6 Å². The fourth-order valence-corrected chi connectivity index (χ4v) is 2.12. The molecule has 1 atom stereocenters. The summed E-state index contributed by atoms with van der Waals surface area (Å²) in [4.78, 5) is 13.1. The Morgan fingerprint density at radius 1 is 1.39 bits per heavy atom. The summed E-state index contributed by atoms with van der Waals surface area (Å²) >= 11 is 0. The van der Waals surface area contributed by atoms with E-state index < -0.39 is 6.10 Å². The zero-order chi connectivity index (χ0) is 13.9. The topological polar surface area (TPSA) is 49.8 Å². The van der Waals surface area contributed by atoms with Crippen molar-refractivity contribution in [2.24, 2.45) is 0 Å². The summed E-state index contributed by atoms with van der Waals surface area (Å²) in [5.74, 6) is 0.601. The molecule has 0 heterocycles. The lowest BCUT2D eigenvalue weighted by molar-refractivity contribution is -0.138. The molecule has 18 heavy (non-hydrogen) atoms. The van der Waals surface area contributed by atoms with Crippen LogP contribution in [0.25, 0.3) is 0 Å². The Morgan fingerprint density at radius 3 is 2.28 bits per heavy atom. The van der Waals surface area contributed by atoms with Crippen LogP contribution in [-0.4, -0.2) is 36.2 Å². The van der Waals surface area contributed by atoms with E-state index in [-0.39, 0.29) is 5.91 Å². The molecule has 0 saturated carbocycles. The van der Waals surface area contributed by atoms with Gasteiger partial charge in [-0.05, 0) is 37.5 Å². The van der Waals surface area contributed by atoms with Gasteiger partial charge in [0.25, 0.3) is 5.91 Å². The maximum absolute atomic E-state index is 11.6. The van der Waals surface area contributed by atoms with Crippen LogP contribution in [0.2, 0.25) is 0 Å². The van der Waals surface area contributed by atoms with Crippen LogP contribution in [0.1, 0.15) is 23.6 Å². The molecule has 1 N–H and O–H groups in total. The van der Waals surface area contributed by atoms with Crippen LogP contribution >= 0.6 is 0 Å². The number of nitrogens with zero attached hydrogens (tertiary/aromatic N) is 1. The number of amides is 1. The van der Waals surface area contributed by atoms with Gasteiger partial charge in [0.05, 0.1) is 7.11 Å². The summed E-state index contributed by atoms with van der Waals surface area (Å²) in [7, 11) is 3.34. The first-order valence-electron chi connectivity index (χ1n) is 5.94. The molecule has 1 rings (SSSR count). The highest BCUT2D eigenvalue weighted by Gasteiger charge is 2.15. The molecule has 0 aromatic heterocycles. The highest BCUT2D eigenvalue weighted by atomic mass is 16.5. The van der Waals surface area contributed by atoms with E-state index in [4.69, 9.17) is 4.74 Å². The second kappa shape index (κ2) is 5.87. The predicted octanol–water partition coefficient (Wildman–Crippen LogP) is 1.65. The third-order valence-corrected chi connectivity index (χ3v) is 2.88. The standard InChI is InChI=1S/C14H21NO3/c1-9-6-12(7-10(2)13(9)18-5)8-15(4)14(17)11(3)16/h6-7,11,16H,8H2,1-5H3. The van der Waals surface area contributed by atoms with Crippen LogP contribution < -0.4 is 4.74 Å². The van der Waals surface area contributed by atoms with E-state index in [1.807, 2.05) is 26.0 Å². The van der Waals surface area contributed by atoms with Crippen molar-refractivity contribution in [3.8, 4) is 5.75 Å². The second-order valence-corrected chi connectivity index (χ2v) is 4.63. The first-order valence-corrected chi connectivity index (χ1v) is 5.94. The van der Waals surface area contributed by atoms with Crippen LogP contribution in [0, 0.1) is 13.8 Å². The van der Waals surface area contributed by atoms with Gasteiger partial charge in [-0.2, -0.15) is 0 Å². The molecule has 0 saturated heterocycles. The van der Waals surface area contributed by atoms with Gasteiger partial charge in [-0.1, -0.05) is 12.1 Å². The number of aliphatic hydroxyl groups excluding tert-OH is 1. The maximum atomic E-state index is 11.6. The number of carbonyl (C=O) groups is 1. The van der Waals surface area contributed by atoms with Crippen molar-refractivity contribution in [2.45, 2.75) is 33.4 Å². The third kappa shape index (κ3) is 3.23. The van der Waals surface area contributed by atoms with Crippen molar-refractivity contribution in [3.63, 3.8) is 0 Å². The van der Waals surface area contributed by atoms with Crippen LogP contribution in [0.3, 0.4) is 0 Å². The maximum Gasteiger partial charge on any atom is 0.251 e. The van der Waals surface area contributed by atoms with E-state index in [1.165, 1.54) is 11.8 Å². The number of hydrogen-bond donors (Lipinski definition) is 1. The lowest BCUT2D eigenvalue weighted by Gasteiger charge is -2.20. The molecular formula is C14H21NO3. The van der Waals surface area contributed by atoms with E-state index in [2.05, 4.69) is 0 Å². The van der Waals surface area contributed by atoms with Gasteiger partial charge in [0.2, 0.25) is 0 Å². The van der Waals surface area contributed by atoms with Crippen LogP contribution in [-0.2, 0) is 11.3 Å². The van der Waals surface area contributed by atoms with Crippen LogP contribution in [0.4, 0.5) is 0 Å². The number of hydrogen-bond acceptors (Lipinski definition) is 3. The van der Waals surface area contributed by atoms with Crippen molar-refractivity contribution >= 4 is 5.91 Å². The molecule has 1 unspecified atom stereocenters. The summed E-state index contributed by atoms with van der Waals surface area (Å²) in [5, 5.41) is 9.25. The Hall–Kier alpha value is -1.55. The van der Waals surface area contributed by atoms with Gasteiger partial charge in [-0.25, -0.2) is 0 Å². The van der Waals surface area contributed by atoms with Gasteiger partial charge < -0.3 is 14.7 Å². The number of benzene rings is 1. The molecule has 0 fully saturated rings. The van der Waals surface area contributed by atoms with Gasteiger partial charge >= 0.3 is 0 Å². The number of aryl methyl sites for hydroxylation is 2. The summed E-state index contributed by atoms with van der Waals surface area (Å²) in [6.45, 7) is 5.91. The average Bonchev–Trinajstić information content (AvgIpc) is 2.27. The molecule has 0 radical (unpaired) electrons. The number of likely N-dealkylation sites (N-methyl/N-ethyl adjacent to an activating group) is 1. The Morgan fingerprint density at radius 2 is 1.89 bits per heavy atom. The fraction of sp³-hybridized carbons (Fsp3) is 0.500. The lowest BCUT2D eigenvalue weighted by atomic mass is 10.1. The van der Waals surface area contributed by atoms with E-state index in [9.17, 15) is 9.90 Å². The smallest absolute Gasteiger partial charge is 0.251 e. The van der Waals surface area contributed by atoms with Crippen LogP contribution in [0.15, 0.2) is 12.1 Å². The van der Waals surface area contributed by atoms with Gasteiger partial charge in [0.1, 0.15) is 11.9 Å². The summed E-state index contributed by atoms with van der Waals surface area (Å²) in [6, 6.07) is 4.00. The molecule has 4 nitrogen and oxygen atoms in total. The number of aliphatic hydroxyl groups is 1. The summed E-state index contributed by atoms with van der Waals surface area (Å²) in [5.41, 5.74) is 3.12. The third-order valence-electron chi connectivity index (χ3n) is 2.88. The number of carbonyl (C=O) groups excluding carboxylic acids is 1. The van der Waals surface area contributed by atoms with Crippen molar-refractivity contribution in [1.82, 2.24) is 4.90 Å².